The van der Waals surface area contributed by atoms with Crippen LogP contribution in [0.5, 0.6) is 0 Å². The molecular formula is C16H26N2. The van der Waals surface area contributed by atoms with Crippen LogP contribution in [0.25, 0.3) is 0 Å². The predicted molar refractivity (Wildman–Crippen MR) is 77.6 cm³/mol. The van der Waals surface area contributed by atoms with E-state index in [0.29, 0.717) is 5.41 Å². The van der Waals surface area contributed by atoms with Gasteiger partial charge in [-0.25, -0.2) is 0 Å². The van der Waals surface area contributed by atoms with Crippen molar-refractivity contribution in [3.8, 4) is 0 Å². The highest BCUT2D eigenvalue weighted by atomic mass is 14.9. The maximum Gasteiger partial charge on any atom is 0.0206 e. The van der Waals surface area contributed by atoms with E-state index in [1.165, 1.54) is 31.2 Å². The lowest BCUT2D eigenvalue weighted by Gasteiger charge is -2.41. The number of nitrogens with one attached hydrogen (secondary N) is 1. The number of nitrogens with two attached hydrogens (primary N) is 1. The zero-order valence-corrected chi connectivity index (χ0v) is 11.5. The summed E-state index contributed by atoms with van der Waals surface area (Å²) in [6.45, 7) is 4.38. The fraction of sp³-hybridized carbons (Fsp3) is 0.625. The Morgan fingerprint density at radius 3 is 2.56 bits per heavy atom. The van der Waals surface area contributed by atoms with Crippen LogP contribution < -0.4 is 11.1 Å². The molecule has 1 aromatic carbocycles. The van der Waals surface area contributed by atoms with Gasteiger partial charge in [-0.15, -0.1) is 0 Å². The summed E-state index contributed by atoms with van der Waals surface area (Å²) in [6.07, 6.45) is 6.46. The maximum atomic E-state index is 6.17. The Kier molecular flexibility index (Phi) is 4.79. The molecule has 1 fully saturated rings. The molecule has 100 valence electrons. The number of benzene rings is 1. The summed E-state index contributed by atoms with van der Waals surface area (Å²) in [5.41, 5.74) is 8.10. The lowest BCUT2D eigenvalue weighted by Crippen LogP contribution is -2.44. The van der Waals surface area contributed by atoms with Crippen molar-refractivity contribution in [2.75, 3.05) is 13.1 Å². The normalized spacial score (nSPS) is 19.2. The van der Waals surface area contributed by atoms with Crippen LogP contribution in [-0.2, 0) is 6.42 Å². The van der Waals surface area contributed by atoms with E-state index in [-0.39, 0.29) is 6.04 Å². The largest absolute Gasteiger partial charge is 0.326 e. The molecule has 2 nitrogen and oxygen atoms in total. The summed E-state index contributed by atoms with van der Waals surface area (Å²) in [6, 6.07) is 10.7. The molecule has 18 heavy (non-hydrogen) atoms. The van der Waals surface area contributed by atoms with E-state index in [9.17, 15) is 0 Å². The molecule has 0 aliphatic heterocycles. The summed E-state index contributed by atoms with van der Waals surface area (Å²) in [5, 5.41) is 3.57. The minimum atomic E-state index is 0.224. The van der Waals surface area contributed by atoms with E-state index in [0.717, 1.165) is 19.5 Å². The fourth-order valence-electron chi connectivity index (χ4n) is 2.84. The molecule has 3 N–H and O–H groups in total. The highest BCUT2D eigenvalue weighted by Crippen LogP contribution is 2.42. The molecule has 0 saturated heterocycles. The SMILES string of the molecule is CCC1(CNCC(N)Cc2ccccc2)CCC1. The average Bonchev–Trinajstić information content (AvgIpc) is 2.34. The first-order valence-electron chi connectivity index (χ1n) is 7.24. The zero-order chi connectivity index (χ0) is 12.8. The quantitative estimate of drug-likeness (QED) is 0.776. The van der Waals surface area contributed by atoms with E-state index in [1.807, 2.05) is 0 Å². The van der Waals surface area contributed by atoms with Gasteiger partial charge in [0.1, 0.15) is 0 Å². The minimum absolute atomic E-state index is 0.224. The second-order valence-electron chi connectivity index (χ2n) is 5.79. The van der Waals surface area contributed by atoms with E-state index in [2.05, 4.69) is 42.6 Å². The molecule has 1 unspecified atom stereocenters. The first-order valence-corrected chi connectivity index (χ1v) is 7.24. The van der Waals surface area contributed by atoms with E-state index in [1.54, 1.807) is 0 Å². The van der Waals surface area contributed by atoms with Crippen LogP contribution in [0.4, 0.5) is 0 Å². The molecule has 0 spiro atoms. The first kappa shape index (κ1) is 13.6. The third-order valence-corrected chi connectivity index (χ3v) is 4.41. The third-order valence-electron chi connectivity index (χ3n) is 4.41. The van der Waals surface area contributed by atoms with Crippen molar-refractivity contribution in [2.24, 2.45) is 11.1 Å². The Morgan fingerprint density at radius 2 is 2.00 bits per heavy atom. The smallest absolute Gasteiger partial charge is 0.0206 e. The zero-order valence-electron chi connectivity index (χ0n) is 11.5. The van der Waals surface area contributed by atoms with E-state index >= 15 is 0 Å². The highest BCUT2D eigenvalue weighted by molar-refractivity contribution is 5.15. The average molecular weight is 246 g/mol. The van der Waals surface area contributed by atoms with Gasteiger partial charge in [0.25, 0.3) is 0 Å². The van der Waals surface area contributed by atoms with Gasteiger partial charge in [0.2, 0.25) is 0 Å². The molecule has 1 aliphatic carbocycles. The number of hydrogen-bond acceptors (Lipinski definition) is 2. The fourth-order valence-corrected chi connectivity index (χ4v) is 2.84. The van der Waals surface area contributed by atoms with Gasteiger partial charge in [0.15, 0.2) is 0 Å². The van der Waals surface area contributed by atoms with Crippen molar-refractivity contribution >= 4 is 0 Å². The lowest BCUT2D eigenvalue weighted by atomic mass is 9.67. The molecule has 0 aromatic heterocycles. The molecule has 0 radical (unpaired) electrons. The van der Waals surface area contributed by atoms with Crippen LogP contribution in [0.1, 0.15) is 38.2 Å². The van der Waals surface area contributed by atoms with Crippen molar-refractivity contribution in [3.63, 3.8) is 0 Å². The predicted octanol–water partition coefficient (Wildman–Crippen LogP) is 2.73. The van der Waals surface area contributed by atoms with Crippen molar-refractivity contribution < 1.29 is 0 Å². The molecule has 1 atom stereocenters. The van der Waals surface area contributed by atoms with Gasteiger partial charge in [0.05, 0.1) is 0 Å². The Labute approximate surface area is 111 Å². The Hall–Kier alpha value is -0.860. The van der Waals surface area contributed by atoms with Gasteiger partial charge < -0.3 is 11.1 Å². The molecular weight excluding hydrogens is 220 g/mol. The Bertz CT molecular complexity index is 338. The van der Waals surface area contributed by atoms with E-state index in [4.69, 9.17) is 5.73 Å². The van der Waals surface area contributed by atoms with Gasteiger partial charge in [-0.2, -0.15) is 0 Å². The number of rotatable bonds is 7. The van der Waals surface area contributed by atoms with Crippen molar-refractivity contribution in [2.45, 2.75) is 45.1 Å². The van der Waals surface area contributed by atoms with Crippen molar-refractivity contribution in [3.05, 3.63) is 35.9 Å². The monoisotopic (exact) mass is 246 g/mol. The molecule has 0 heterocycles. The van der Waals surface area contributed by atoms with Crippen LogP contribution in [0, 0.1) is 5.41 Å². The highest BCUT2D eigenvalue weighted by Gasteiger charge is 2.34. The summed E-state index contributed by atoms with van der Waals surface area (Å²) >= 11 is 0. The third kappa shape index (κ3) is 3.56. The van der Waals surface area contributed by atoms with Gasteiger partial charge >= 0.3 is 0 Å². The number of hydrogen-bond donors (Lipinski definition) is 2. The summed E-state index contributed by atoms with van der Waals surface area (Å²) in [5.74, 6) is 0. The summed E-state index contributed by atoms with van der Waals surface area (Å²) in [4.78, 5) is 0. The van der Waals surface area contributed by atoms with Crippen molar-refractivity contribution in [1.29, 1.82) is 0 Å². The topological polar surface area (TPSA) is 38.0 Å². The van der Waals surface area contributed by atoms with Crippen LogP contribution in [0.15, 0.2) is 30.3 Å². The van der Waals surface area contributed by atoms with Crippen LogP contribution >= 0.6 is 0 Å². The van der Waals surface area contributed by atoms with Gasteiger partial charge in [-0.1, -0.05) is 43.7 Å². The van der Waals surface area contributed by atoms with Gasteiger partial charge in [-0.05, 0) is 36.7 Å². The Balaban J connectivity index is 1.67. The van der Waals surface area contributed by atoms with Crippen LogP contribution in [0.2, 0.25) is 0 Å². The molecule has 1 aliphatic rings. The molecule has 1 saturated carbocycles. The Morgan fingerprint density at radius 1 is 1.28 bits per heavy atom. The maximum absolute atomic E-state index is 6.17. The van der Waals surface area contributed by atoms with Crippen molar-refractivity contribution in [1.82, 2.24) is 5.32 Å². The molecule has 1 aromatic rings. The van der Waals surface area contributed by atoms with Crippen LogP contribution in [0.3, 0.4) is 0 Å². The first-order chi connectivity index (χ1) is 8.74. The molecule has 2 rings (SSSR count). The van der Waals surface area contributed by atoms with Gasteiger partial charge in [-0.3, -0.25) is 0 Å². The molecule has 0 bridgehead atoms. The molecule has 2 heteroatoms. The lowest BCUT2D eigenvalue weighted by molar-refractivity contribution is 0.124. The standard InChI is InChI=1S/C16H26N2/c1-2-16(9-6-10-16)13-18-12-15(17)11-14-7-4-3-5-8-14/h3-5,7-8,15,18H,2,6,9-13,17H2,1H3. The second kappa shape index (κ2) is 6.35. The summed E-state index contributed by atoms with van der Waals surface area (Å²) < 4.78 is 0. The second-order valence-corrected chi connectivity index (χ2v) is 5.79. The minimum Gasteiger partial charge on any atom is -0.326 e. The summed E-state index contributed by atoms with van der Waals surface area (Å²) in [7, 11) is 0. The molecule has 0 amide bonds. The van der Waals surface area contributed by atoms with E-state index < -0.39 is 0 Å². The van der Waals surface area contributed by atoms with Gasteiger partial charge in [0, 0.05) is 19.1 Å². The van der Waals surface area contributed by atoms with Crippen LogP contribution in [-0.4, -0.2) is 19.1 Å².